The standard InChI is InChI=1S/C10H9F3O3/c1-15-5-16-7-4-2-3-6(11)8(7)9(14)10(12)13/h2-4,10H,5H2,1H3. The fourth-order valence-electron chi connectivity index (χ4n) is 1.10. The first-order valence-electron chi connectivity index (χ1n) is 4.30. The molecule has 0 amide bonds. The van der Waals surface area contributed by atoms with Crippen LogP contribution in [0.1, 0.15) is 10.4 Å². The van der Waals surface area contributed by atoms with Crippen molar-refractivity contribution >= 4 is 5.78 Å². The summed E-state index contributed by atoms with van der Waals surface area (Å²) in [7, 11) is 1.31. The molecule has 0 atom stereocenters. The van der Waals surface area contributed by atoms with Crippen molar-refractivity contribution in [3.8, 4) is 5.75 Å². The highest BCUT2D eigenvalue weighted by Gasteiger charge is 2.25. The smallest absolute Gasteiger partial charge is 0.300 e. The lowest BCUT2D eigenvalue weighted by Gasteiger charge is -2.10. The molecule has 0 bridgehead atoms. The van der Waals surface area contributed by atoms with Gasteiger partial charge in [0.1, 0.15) is 17.1 Å². The summed E-state index contributed by atoms with van der Waals surface area (Å²) in [4.78, 5) is 11.0. The summed E-state index contributed by atoms with van der Waals surface area (Å²) >= 11 is 0. The van der Waals surface area contributed by atoms with E-state index in [0.717, 1.165) is 6.07 Å². The Hall–Kier alpha value is -1.56. The predicted molar refractivity (Wildman–Crippen MR) is 49.2 cm³/mol. The molecule has 1 rings (SSSR count). The zero-order valence-corrected chi connectivity index (χ0v) is 8.38. The van der Waals surface area contributed by atoms with E-state index in [9.17, 15) is 18.0 Å². The maximum absolute atomic E-state index is 13.2. The number of hydrogen-bond donors (Lipinski definition) is 0. The van der Waals surface area contributed by atoms with Gasteiger partial charge in [-0.1, -0.05) is 6.07 Å². The molecule has 0 fully saturated rings. The Labute approximate surface area is 89.8 Å². The molecule has 16 heavy (non-hydrogen) atoms. The van der Waals surface area contributed by atoms with Crippen LogP contribution in [0.25, 0.3) is 0 Å². The Balaban J connectivity index is 3.08. The number of alkyl halides is 2. The second kappa shape index (κ2) is 5.50. The Morgan fingerprint density at radius 2 is 2.12 bits per heavy atom. The van der Waals surface area contributed by atoms with Gasteiger partial charge in [-0.15, -0.1) is 0 Å². The fourth-order valence-corrected chi connectivity index (χ4v) is 1.10. The van der Waals surface area contributed by atoms with E-state index in [-0.39, 0.29) is 12.5 Å². The molecular weight excluding hydrogens is 225 g/mol. The fraction of sp³-hybridized carbons (Fsp3) is 0.300. The van der Waals surface area contributed by atoms with Crippen LogP contribution in [0.15, 0.2) is 18.2 Å². The van der Waals surface area contributed by atoms with Crippen molar-refractivity contribution in [2.24, 2.45) is 0 Å². The van der Waals surface area contributed by atoms with Crippen LogP contribution < -0.4 is 4.74 Å². The summed E-state index contributed by atoms with van der Waals surface area (Å²) in [6, 6.07) is 3.38. The molecule has 0 N–H and O–H groups in total. The van der Waals surface area contributed by atoms with Crippen molar-refractivity contribution in [1.29, 1.82) is 0 Å². The topological polar surface area (TPSA) is 35.5 Å². The molecule has 0 unspecified atom stereocenters. The molecule has 6 heteroatoms. The molecule has 0 radical (unpaired) electrons. The zero-order valence-electron chi connectivity index (χ0n) is 8.38. The molecule has 0 heterocycles. The van der Waals surface area contributed by atoms with E-state index in [4.69, 9.17) is 4.74 Å². The Bertz CT molecular complexity index is 380. The first-order valence-corrected chi connectivity index (χ1v) is 4.30. The number of ketones is 1. The minimum absolute atomic E-state index is 0.257. The quantitative estimate of drug-likeness (QED) is 0.579. The van der Waals surface area contributed by atoms with E-state index < -0.39 is 23.6 Å². The zero-order chi connectivity index (χ0) is 12.1. The van der Waals surface area contributed by atoms with E-state index in [1.165, 1.54) is 19.2 Å². The molecule has 0 aliphatic rings. The van der Waals surface area contributed by atoms with Gasteiger partial charge in [-0.3, -0.25) is 4.79 Å². The van der Waals surface area contributed by atoms with Crippen LogP contribution in [0.2, 0.25) is 0 Å². The maximum Gasteiger partial charge on any atom is 0.300 e. The molecule has 3 nitrogen and oxygen atoms in total. The van der Waals surface area contributed by atoms with E-state index in [0.29, 0.717) is 0 Å². The predicted octanol–water partition coefficient (Wildman–Crippen LogP) is 2.26. The van der Waals surface area contributed by atoms with E-state index in [2.05, 4.69) is 4.74 Å². The van der Waals surface area contributed by atoms with Crippen molar-refractivity contribution in [1.82, 2.24) is 0 Å². The van der Waals surface area contributed by atoms with Crippen LogP contribution in [0.3, 0.4) is 0 Å². The van der Waals surface area contributed by atoms with E-state index >= 15 is 0 Å². The highest BCUT2D eigenvalue weighted by Crippen LogP contribution is 2.24. The van der Waals surface area contributed by atoms with Crippen molar-refractivity contribution in [2.75, 3.05) is 13.9 Å². The molecule has 1 aromatic rings. The molecule has 0 saturated carbocycles. The summed E-state index contributed by atoms with van der Waals surface area (Å²) in [5.41, 5.74) is -0.755. The molecular formula is C10H9F3O3. The second-order valence-electron chi connectivity index (χ2n) is 2.83. The van der Waals surface area contributed by atoms with Crippen LogP contribution >= 0.6 is 0 Å². The van der Waals surface area contributed by atoms with Crippen LogP contribution in [-0.4, -0.2) is 26.1 Å². The Morgan fingerprint density at radius 3 is 2.69 bits per heavy atom. The number of ether oxygens (including phenoxy) is 2. The van der Waals surface area contributed by atoms with Crippen molar-refractivity contribution < 1.29 is 27.4 Å². The molecule has 0 aliphatic carbocycles. The number of Topliss-reactive ketones (excluding diaryl/α,β-unsaturated/α-hetero) is 1. The van der Waals surface area contributed by atoms with Crippen LogP contribution in [-0.2, 0) is 4.74 Å². The number of benzene rings is 1. The van der Waals surface area contributed by atoms with Gasteiger partial charge in [0.15, 0.2) is 6.79 Å². The van der Waals surface area contributed by atoms with Gasteiger partial charge >= 0.3 is 6.43 Å². The summed E-state index contributed by atoms with van der Waals surface area (Å²) in [6.07, 6.45) is -3.28. The van der Waals surface area contributed by atoms with Gasteiger partial charge < -0.3 is 9.47 Å². The molecule has 0 spiro atoms. The first kappa shape index (κ1) is 12.5. The largest absolute Gasteiger partial charge is 0.467 e. The second-order valence-corrected chi connectivity index (χ2v) is 2.83. The van der Waals surface area contributed by atoms with Gasteiger partial charge in [0.2, 0.25) is 5.78 Å². The highest BCUT2D eigenvalue weighted by atomic mass is 19.3. The van der Waals surface area contributed by atoms with Gasteiger partial charge in [-0.25, -0.2) is 13.2 Å². The summed E-state index contributed by atoms with van der Waals surface area (Å²) < 4.78 is 47.0. The third-order valence-electron chi connectivity index (χ3n) is 1.75. The number of methoxy groups -OCH3 is 1. The van der Waals surface area contributed by atoms with Gasteiger partial charge in [0.05, 0.1) is 0 Å². The molecule has 1 aromatic carbocycles. The number of rotatable bonds is 5. The average Bonchev–Trinajstić information content (AvgIpc) is 2.25. The number of carbonyl (C=O) groups is 1. The normalized spacial score (nSPS) is 10.6. The number of hydrogen-bond acceptors (Lipinski definition) is 3. The molecule has 0 aliphatic heterocycles. The number of carbonyl (C=O) groups excluding carboxylic acids is 1. The lowest BCUT2D eigenvalue weighted by Crippen LogP contribution is -2.15. The summed E-state index contributed by atoms with van der Waals surface area (Å²) in [5, 5.41) is 0. The monoisotopic (exact) mass is 234 g/mol. The van der Waals surface area contributed by atoms with Crippen LogP contribution in [0.4, 0.5) is 13.2 Å². The Morgan fingerprint density at radius 1 is 1.44 bits per heavy atom. The lowest BCUT2D eigenvalue weighted by molar-refractivity contribution is 0.0479. The SMILES string of the molecule is COCOc1cccc(F)c1C(=O)C(F)F. The maximum atomic E-state index is 13.2. The van der Waals surface area contributed by atoms with E-state index in [1.54, 1.807) is 0 Å². The molecule has 0 saturated heterocycles. The first-order chi connectivity index (χ1) is 7.57. The number of halogens is 3. The summed E-state index contributed by atoms with van der Waals surface area (Å²) in [6.45, 7) is -0.257. The third-order valence-corrected chi connectivity index (χ3v) is 1.75. The summed E-state index contributed by atoms with van der Waals surface area (Å²) in [5.74, 6) is -2.91. The highest BCUT2D eigenvalue weighted by molar-refractivity contribution is 6.01. The van der Waals surface area contributed by atoms with Crippen molar-refractivity contribution in [3.63, 3.8) is 0 Å². The Kier molecular flexibility index (Phi) is 4.30. The van der Waals surface area contributed by atoms with Crippen LogP contribution in [0.5, 0.6) is 5.75 Å². The minimum atomic E-state index is -3.28. The van der Waals surface area contributed by atoms with E-state index in [1.807, 2.05) is 0 Å². The molecule has 0 aromatic heterocycles. The lowest BCUT2D eigenvalue weighted by atomic mass is 10.1. The van der Waals surface area contributed by atoms with Crippen LogP contribution in [0, 0.1) is 5.82 Å². The van der Waals surface area contributed by atoms with Gasteiger partial charge in [-0.05, 0) is 12.1 Å². The average molecular weight is 234 g/mol. The minimum Gasteiger partial charge on any atom is -0.467 e. The van der Waals surface area contributed by atoms with Gasteiger partial charge in [0, 0.05) is 7.11 Å². The molecule has 88 valence electrons. The van der Waals surface area contributed by atoms with Gasteiger partial charge in [0.25, 0.3) is 0 Å². The van der Waals surface area contributed by atoms with Gasteiger partial charge in [-0.2, -0.15) is 0 Å². The third kappa shape index (κ3) is 2.73. The van der Waals surface area contributed by atoms with Crippen molar-refractivity contribution in [3.05, 3.63) is 29.6 Å². The van der Waals surface area contributed by atoms with Crippen molar-refractivity contribution in [2.45, 2.75) is 6.43 Å².